The zero-order valence-corrected chi connectivity index (χ0v) is 20.8. The fraction of sp³-hybridized carbons (Fsp3) is 0.375. The van der Waals surface area contributed by atoms with Gasteiger partial charge in [-0.25, -0.2) is 4.39 Å². The molecule has 0 aliphatic heterocycles. The van der Waals surface area contributed by atoms with E-state index < -0.39 is 0 Å². The highest BCUT2D eigenvalue weighted by atomic mass is 19.1. The van der Waals surface area contributed by atoms with Gasteiger partial charge in [0.1, 0.15) is 5.82 Å². The molecule has 0 radical (unpaired) electrons. The minimum Gasteiger partial charge on any atom is -0.207 e. The lowest BCUT2D eigenvalue weighted by molar-refractivity contribution is 0.562. The maximum absolute atomic E-state index is 13.6. The first-order chi connectivity index (χ1) is 16.0. The molecule has 0 saturated heterocycles. The lowest BCUT2D eigenvalue weighted by atomic mass is 9.89. The SMILES string of the molecule is CCCCCCc1ccc(C2=C/C(c3ccc(F)cc3)=C\C(CC(C)CC)=C/C(C)=C2)cc1. The van der Waals surface area contributed by atoms with E-state index in [1.165, 1.54) is 53.5 Å². The van der Waals surface area contributed by atoms with E-state index >= 15 is 0 Å². The van der Waals surface area contributed by atoms with E-state index in [1.54, 1.807) is 12.1 Å². The van der Waals surface area contributed by atoms with Crippen LogP contribution in [-0.2, 0) is 6.42 Å². The van der Waals surface area contributed by atoms with Crippen molar-refractivity contribution < 1.29 is 4.39 Å². The molecule has 1 heteroatoms. The van der Waals surface area contributed by atoms with Crippen molar-refractivity contribution >= 4 is 11.1 Å². The molecule has 2 aromatic carbocycles. The second kappa shape index (κ2) is 12.5. The van der Waals surface area contributed by atoms with Crippen LogP contribution in [0.1, 0.15) is 82.9 Å². The van der Waals surface area contributed by atoms with Crippen LogP contribution in [0, 0.1) is 11.7 Å². The van der Waals surface area contributed by atoms with Crippen molar-refractivity contribution in [1.29, 1.82) is 0 Å². The number of hydrogen-bond donors (Lipinski definition) is 0. The Balaban J connectivity index is 1.93. The van der Waals surface area contributed by atoms with Gasteiger partial charge in [-0.15, -0.1) is 0 Å². The third-order valence-electron chi connectivity index (χ3n) is 6.51. The van der Waals surface area contributed by atoms with E-state index in [9.17, 15) is 4.39 Å². The van der Waals surface area contributed by atoms with Gasteiger partial charge in [-0.05, 0) is 83.7 Å². The van der Waals surface area contributed by atoms with Crippen LogP contribution in [0.4, 0.5) is 4.39 Å². The fourth-order valence-electron chi connectivity index (χ4n) is 4.33. The number of hydrogen-bond acceptors (Lipinski definition) is 0. The topological polar surface area (TPSA) is 0 Å². The Bertz CT molecular complexity index is 1010. The summed E-state index contributed by atoms with van der Waals surface area (Å²) in [5.74, 6) is 0.428. The summed E-state index contributed by atoms with van der Waals surface area (Å²) in [5, 5.41) is 0. The molecule has 3 rings (SSSR count). The smallest absolute Gasteiger partial charge is 0.123 e. The molecule has 0 N–H and O–H groups in total. The van der Waals surface area contributed by atoms with Gasteiger partial charge in [0.05, 0.1) is 0 Å². The van der Waals surface area contributed by atoms with Crippen LogP contribution in [0.5, 0.6) is 0 Å². The lowest BCUT2D eigenvalue weighted by Gasteiger charge is -2.16. The van der Waals surface area contributed by atoms with Crippen LogP contribution in [0.2, 0.25) is 0 Å². The monoisotopic (exact) mass is 442 g/mol. The summed E-state index contributed by atoms with van der Waals surface area (Å²) in [4.78, 5) is 0. The summed E-state index contributed by atoms with van der Waals surface area (Å²) in [6, 6.07) is 15.9. The van der Waals surface area contributed by atoms with Gasteiger partial charge in [-0.1, -0.05) is 107 Å². The van der Waals surface area contributed by atoms with Crippen molar-refractivity contribution in [3.63, 3.8) is 0 Å². The van der Waals surface area contributed by atoms with E-state index in [2.05, 4.69) is 76.3 Å². The third-order valence-corrected chi connectivity index (χ3v) is 6.51. The molecule has 0 nitrogen and oxygen atoms in total. The molecule has 0 fully saturated rings. The molecular formula is C32H39F. The second-order valence-electron chi connectivity index (χ2n) is 9.54. The van der Waals surface area contributed by atoms with Gasteiger partial charge >= 0.3 is 0 Å². The highest BCUT2D eigenvalue weighted by molar-refractivity contribution is 5.89. The van der Waals surface area contributed by atoms with Crippen molar-refractivity contribution in [3.8, 4) is 0 Å². The van der Waals surface area contributed by atoms with Crippen molar-refractivity contribution in [2.75, 3.05) is 0 Å². The number of aryl methyl sites for hydroxylation is 1. The van der Waals surface area contributed by atoms with E-state index in [4.69, 9.17) is 0 Å². The molecule has 1 aliphatic carbocycles. The lowest BCUT2D eigenvalue weighted by Crippen LogP contribution is -1.97. The minimum absolute atomic E-state index is 0.199. The summed E-state index contributed by atoms with van der Waals surface area (Å²) in [7, 11) is 0. The standard InChI is InChI=1S/C32H39F/c1-5-7-8-9-10-26-11-13-28(14-12-26)30-21-25(4)20-27(19-24(3)6-2)22-31(23-30)29-15-17-32(33)18-16-29/h11-18,20-24H,5-10,19H2,1-4H3/b25-20?,25-21?,27-20-,27-22?,30-21?,30-23?,31-22+,31-23?. The summed E-state index contributed by atoms with van der Waals surface area (Å²) < 4.78 is 13.6. The highest BCUT2D eigenvalue weighted by Crippen LogP contribution is 2.31. The quantitative estimate of drug-likeness (QED) is 0.321. The molecule has 174 valence electrons. The first-order valence-corrected chi connectivity index (χ1v) is 12.7. The molecular weight excluding hydrogens is 403 g/mol. The predicted molar refractivity (Wildman–Crippen MR) is 143 cm³/mol. The van der Waals surface area contributed by atoms with Crippen LogP contribution in [-0.4, -0.2) is 0 Å². The van der Waals surface area contributed by atoms with Crippen LogP contribution in [0.25, 0.3) is 11.1 Å². The normalized spacial score (nSPS) is 18.2. The first kappa shape index (κ1) is 25.0. The Morgan fingerprint density at radius 3 is 2.00 bits per heavy atom. The summed E-state index contributed by atoms with van der Waals surface area (Å²) >= 11 is 0. The average molecular weight is 443 g/mol. The molecule has 1 atom stereocenters. The number of rotatable bonds is 10. The zero-order valence-electron chi connectivity index (χ0n) is 20.8. The Morgan fingerprint density at radius 2 is 1.36 bits per heavy atom. The van der Waals surface area contributed by atoms with Crippen molar-refractivity contribution in [2.45, 2.75) is 72.6 Å². The molecule has 0 amide bonds. The molecule has 0 aromatic heterocycles. The molecule has 0 saturated carbocycles. The Labute approximate surface area is 200 Å². The molecule has 1 unspecified atom stereocenters. The molecule has 33 heavy (non-hydrogen) atoms. The largest absolute Gasteiger partial charge is 0.207 e. The van der Waals surface area contributed by atoms with E-state index in [0.717, 1.165) is 30.4 Å². The van der Waals surface area contributed by atoms with Gasteiger partial charge in [0.15, 0.2) is 0 Å². The van der Waals surface area contributed by atoms with Crippen LogP contribution in [0.15, 0.2) is 84.0 Å². The minimum atomic E-state index is -0.199. The van der Waals surface area contributed by atoms with Crippen LogP contribution >= 0.6 is 0 Å². The Morgan fingerprint density at radius 1 is 0.727 bits per heavy atom. The van der Waals surface area contributed by atoms with Gasteiger partial charge in [-0.2, -0.15) is 0 Å². The van der Waals surface area contributed by atoms with Gasteiger partial charge in [0, 0.05) is 0 Å². The molecule has 2 aromatic rings. The number of halogens is 1. The van der Waals surface area contributed by atoms with Gasteiger partial charge < -0.3 is 0 Å². The highest BCUT2D eigenvalue weighted by Gasteiger charge is 2.10. The number of allylic oxidation sites excluding steroid dienone is 8. The first-order valence-electron chi connectivity index (χ1n) is 12.7. The predicted octanol–water partition coefficient (Wildman–Crippen LogP) is 9.74. The van der Waals surface area contributed by atoms with Crippen LogP contribution < -0.4 is 0 Å². The number of unbranched alkanes of at least 4 members (excludes halogenated alkanes) is 3. The molecule has 1 aliphatic rings. The summed E-state index contributed by atoms with van der Waals surface area (Å²) in [6.07, 6.45) is 17.7. The molecule has 0 spiro atoms. The Kier molecular flexibility index (Phi) is 9.48. The number of benzene rings is 2. The maximum Gasteiger partial charge on any atom is 0.123 e. The maximum atomic E-state index is 13.6. The van der Waals surface area contributed by atoms with E-state index in [-0.39, 0.29) is 5.82 Å². The zero-order chi connectivity index (χ0) is 23.6. The van der Waals surface area contributed by atoms with Crippen molar-refractivity contribution in [1.82, 2.24) is 0 Å². The fourth-order valence-corrected chi connectivity index (χ4v) is 4.33. The van der Waals surface area contributed by atoms with Crippen LogP contribution in [0.3, 0.4) is 0 Å². The summed E-state index contributed by atoms with van der Waals surface area (Å²) in [6.45, 7) is 8.98. The van der Waals surface area contributed by atoms with Crippen molar-refractivity contribution in [2.24, 2.45) is 5.92 Å². The second-order valence-corrected chi connectivity index (χ2v) is 9.54. The van der Waals surface area contributed by atoms with Crippen molar-refractivity contribution in [3.05, 3.63) is 106 Å². The summed E-state index contributed by atoms with van der Waals surface area (Å²) in [5.41, 5.74) is 8.59. The van der Waals surface area contributed by atoms with E-state index in [1.807, 2.05) is 12.1 Å². The van der Waals surface area contributed by atoms with Gasteiger partial charge in [0.25, 0.3) is 0 Å². The van der Waals surface area contributed by atoms with Gasteiger partial charge in [-0.3, -0.25) is 0 Å². The third kappa shape index (κ3) is 7.70. The molecule has 0 heterocycles. The Hall–Kier alpha value is -2.67. The average Bonchev–Trinajstić information content (AvgIpc) is 2.80. The van der Waals surface area contributed by atoms with E-state index in [0.29, 0.717) is 5.92 Å². The molecule has 0 bridgehead atoms. The van der Waals surface area contributed by atoms with Gasteiger partial charge in [0.2, 0.25) is 0 Å².